The van der Waals surface area contributed by atoms with E-state index in [2.05, 4.69) is 0 Å². The molecule has 0 bridgehead atoms. The van der Waals surface area contributed by atoms with Gasteiger partial charge in [0, 0.05) is 5.82 Å². The molecule has 0 radical (unpaired) electrons. The maximum atomic E-state index is 14.8. The van der Waals surface area contributed by atoms with Crippen molar-refractivity contribution in [2.75, 3.05) is 6.61 Å². The first-order chi connectivity index (χ1) is 30.0. The van der Waals surface area contributed by atoms with Gasteiger partial charge in [0.1, 0.15) is 31.0 Å². The van der Waals surface area contributed by atoms with E-state index in [0.29, 0.717) is 6.41 Å². The highest BCUT2D eigenvalue weighted by Crippen LogP contribution is 2.51. The molecule has 4 atom stereocenters. The average Bonchev–Trinajstić information content (AvgIpc) is 3.33. The second kappa shape index (κ2) is 24.7. The van der Waals surface area contributed by atoms with Gasteiger partial charge in [-0.1, -0.05) is 182 Å². The van der Waals surface area contributed by atoms with Gasteiger partial charge in [0.2, 0.25) is 6.41 Å². The molecule has 6 rings (SSSR count). The average molecular weight is 842 g/mol. The lowest BCUT2D eigenvalue weighted by Crippen LogP contribution is -2.55. The Hall–Kier alpha value is -5.52. The Kier molecular flexibility index (Phi) is 18.2. The number of hydrogen-bond acceptors (Lipinski definition) is 9. The summed E-state index contributed by atoms with van der Waals surface area (Å²) >= 11 is 0. The summed E-state index contributed by atoms with van der Waals surface area (Å²) in [5.74, 6) is 1.40. The third-order valence-electron chi connectivity index (χ3n) is 9.69. The summed E-state index contributed by atoms with van der Waals surface area (Å²) in [6, 6.07) is 55.9. The molecule has 0 aliphatic rings. The lowest BCUT2D eigenvalue weighted by atomic mass is 9.99. The molecule has 0 fully saturated rings. The van der Waals surface area contributed by atoms with Crippen LogP contribution in [-0.4, -0.2) is 47.5 Å². The number of rotatable bonds is 26. The molecule has 11 heteroatoms. The van der Waals surface area contributed by atoms with E-state index in [0.717, 1.165) is 38.4 Å². The lowest BCUT2D eigenvalue weighted by molar-refractivity contribution is -0.235. The summed E-state index contributed by atoms with van der Waals surface area (Å²) in [5, 5.41) is 12.2. The molecule has 0 heterocycles. The minimum absolute atomic E-state index is 0.0170. The summed E-state index contributed by atoms with van der Waals surface area (Å²) < 4.78 is 47.3. The van der Waals surface area contributed by atoms with Gasteiger partial charge in [-0.15, -0.1) is 0 Å². The van der Waals surface area contributed by atoms with Crippen LogP contribution in [0, 0.1) is 0 Å². The molecular formula is C50H52NO9P. The Morgan fingerprint density at radius 1 is 0.475 bits per heavy atom. The van der Waals surface area contributed by atoms with Crippen molar-refractivity contribution in [1.29, 1.82) is 0 Å². The first-order valence-electron chi connectivity index (χ1n) is 20.2. The van der Waals surface area contributed by atoms with Crippen LogP contribution in [0.25, 0.3) is 0 Å². The van der Waals surface area contributed by atoms with Crippen molar-refractivity contribution in [2.24, 2.45) is 0 Å². The highest BCUT2D eigenvalue weighted by molar-refractivity contribution is 7.57. The number of carbonyl (C=O) groups excluding carboxylic acids is 1. The lowest BCUT2D eigenvalue weighted by Gasteiger charge is -2.39. The van der Waals surface area contributed by atoms with Crippen molar-refractivity contribution in [2.45, 2.75) is 64.0 Å². The van der Waals surface area contributed by atoms with Gasteiger partial charge >= 0.3 is 7.60 Å². The van der Waals surface area contributed by atoms with Gasteiger partial charge in [0.15, 0.2) is 0 Å². The van der Waals surface area contributed by atoms with Crippen molar-refractivity contribution in [3.8, 4) is 0 Å². The Bertz CT molecular complexity index is 2140. The Labute approximate surface area is 358 Å². The topological polar surface area (TPSA) is 113 Å². The molecule has 0 saturated heterocycles. The van der Waals surface area contributed by atoms with Crippen LogP contribution in [-0.2, 0) is 77.1 Å². The van der Waals surface area contributed by atoms with Crippen molar-refractivity contribution >= 4 is 14.0 Å². The van der Waals surface area contributed by atoms with E-state index in [-0.39, 0.29) is 39.6 Å². The fraction of sp³-hybridized carbons (Fsp3) is 0.220. The number of aliphatic hydroxyl groups excluding tert-OH is 1. The summed E-state index contributed by atoms with van der Waals surface area (Å²) in [6.07, 6.45) is -1.03. The maximum absolute atomic E-state index is 14.8. The van der Waals surface area contributed by atoms with Gasteiger partial charge < -0.3 is 28.4 Å². The molecule has 0 spiro atoms. The SMILES string of the molecule is O=CN(OCc1ccccc1)[C@H](CO)[C@H](OCc1ccccc1)[C@H](OCc1ccccc1)[C@@H](C=CP(=O)(OCc1ccccc1)OCc1ccccc1)OCc1ccccc1. The molecule has 61 heavy (non-hydrogen) atoms. The molecule has 316 valence electrons. The van der Waals surface area contributed by atoms with Gasteiger partial charge in [-0.2, -0.15) is 0 Å². The van der Waals surface area contributed by atoms with Gasteiger partial charge in [0.25, 0.3) is 0 Å². The zero-order valence-corrected chi connectivity index (χ0v) is 34.8. The normalized spacial score (nSPS) is 13.7. The van der Waals surface area contributed by atoms with Gasteiger partial charge in [-0.05, 0) is 39.5 Å². The molecule has 6 aromatic rings. The molecule has 0 aliphatic carbocycles. The second-order valence-corrected chi connectivity index (χ2v) is 16.1. The van der Waals surface area contributed by atoms with Crippen LogP contribution < -0.4 is 0 Å². The van der Waals surface area contributed by atoms with Crippen LogP contribution in [0.1, 0.15) is 33.4 Å². The van der Waals surface area contributed by atoms with Gasteiger partial charge in [0.05, 0.1) is 39.6 Å². The Balaban J connectivity index is 1.41. The first kappa shape index (κ1) is 45.0. The summed E-state index contributed by atoms with van der Waals surface area (Å²) in [6.45, 7) is -0.165. The van der Waals surface area contributed by atoms with E-state index in [1.54, 1.807) is 6.08 Å². The molecule has 0 saturated carbocycles. The van der Waals surface area contributed by atoms with Gasteiger partial charge in [-0.25, -0.2) is 5.06 Å². The number of amides is 1. The van der Waals surface area contributed by atoms with E-state index >= 15 is 0 Å². The smallest absolute Gasteiger partial charge is 0.354 e. The third kappa shape index (κ3) is 14.9. The molecule has 6 aromatic carbocycles. The molecule has 1 amide bonds. The quantitative estimate of drug-likeness (QED) is 0.0324. The molecular weight excluding hydrogens is 790 g/mol. The number of benzene rings is 6. The summed E-state index contributed by atoms with van der Waals surface area (Å²) in [5.41, 5.74) is 5.01. The van der Waals surface area contributed by atoms with E-state index in [4.69, 9.17) is 28.1 Å². The van der Waals surface area contributed by atoms with E-state index in [1.807, 2.05) is 182 Å². The number of aliphatic hydroxyl groups is 1. The minimum Gasteiger partial charge on any atom is -0.394 e. The molecule has 0 aliphatic heterocycles. The van der Waals surface area contributed by atoms with E-state index < -0.39 is 38.6 Å². The molecule has 1 N–H and O–H groups in total. The number of hydroxylamine groups is 2. The van der Waals surface area contributed by atoms with Crippen LogP contribution in [0.4, 0.5) is 0 Å². The zero-order valence-electron chi connectivity index (χ0n) is 33.9. The number of hydrogen-bond donors (Lipinski definition) is 1. The fourth-order valence-electron chi connectivity index (χ4n) is 6.41. The standard InChI is InChI=1S/C50H52NO9P/c52-33-47(51(40-53)58-37-44-25-13-4-14-26-44)49(56-35-42-21-9-2-10-22-42)50(57-36-43-23-11-3-12-24-43)48(55-34-41-19-7-1-8-20-41)31-32-61(54,59-38-45-27-15-5-16-28-45)60-39-46-29-17-6-18-30-46/h1-32,40,47-50,52H,33-39H2/t47-,48-,49+,50-/m1/s1. The van der Waals surface area contributed by atoms with Crippen molar-refractivity contribution < 1.29 is 42.6 Å². The van der Waals surface area contributed by atoms with Crippen LogP contribution in [0.15, 0.2) is 194 Å². The summed E-state index contributed by atoms with van der Waals surface area (Å²) in [4.78, 5) is 19.0. The van der Waals surface area contributed by atoms with Crippen LogP contribution in [0.3, 0.4) is 0 Å². The monoisotopic (exact) mass is 841 g/mol. The Morgan fingerprint density at radius 2 is 0.820 bits per heavy atom. The Morgan fingerprint density at radius 3 is 1.20 bits per heavy atom. The molecule has 0 unspecified atom stereocenters. The fourth-order valence-corrected chi connectivity index (χ4v) is 7.69. The highest BCUT2D eigenvalue weighted by Gasteiger charge is 2.40. The maximum Gasteiger partial charge on any atom is 0.354 e. The summed E-state index contributed by atoms with van der Waals surface area (Å²) in [7, 11) is -4.01. The third-order valence-corrected chi connectivity index (χ3v) is 11.2. The van der Waals surface area contributed by atoms with Gasteiger partial charge in [-0.3, -0.25) is 14.2 Å². The van der Waals surface area contributed by atoms with Crippen LogP contribution in [0.5, 0.6) is 0 Å². The van der Waals surface area contributed by atoms with Crippen LogP contribution >= 0.6 is 7.60 Å². The first-order valence-corrected chi connectivity index (χ1v) is 21.8. The van der Waals surface area contributed by atoms with E-state index in [1.165, 1.54) is 5.82 Å². The highest BCUT2D eigenvalue weighted by atomic mass is 31.2. The predicted octanol–water partition coefficient (Wildman–Crippen LogP) is 9.83. The number of carbonyl (C=O) groups is 1. The van der Waals surface area contributed by atoms with E-state index in [9.17, 15) is 14.5 Å². The van der Waals surface area contributed by atoms with Crippen molar-refractivity contribution in [3.05, 3.63) is 227 Å². The largest absolute Gasteiger partial charge is 0.394 e. The number of nitrogens with zero attached hydrogens (tertiary/aromatic N) is 1. The predicted molar refractivity (Wildman–Crippen MR) is 234 cm³/mol. The van der Waals surface area contributed by atoms with Crippen molar-refractivity contribution in [3.63, 3.8) is 0 Å². The zero-order chi connectivity index (χ0) is 42.4. The number of ether oxygens (including phenoxy) is 3. The minimum atomic E-state index is -4.01. The molecule has 0 aromatic heterocycles. The van der Waals surface area contributed by atoms with Crippen molar-refractivity contribution in [1.82, 2.24) is 5.06 Å². The molecule has 10 nitrogen and oxygen atoms in total. The second-order valence-electron chi connectivity index (χ2n) is 14.2. The van der Waals surface area contributed by atoms with Crippen LogP contribution in [0.2, 0.25) is 0 Å².